The van der Waals surface area contributed by atoms with E-state index in [4.69, 9.17) is 5.73 Å². The van der Waals surface area contributed by atoms with Gasteiger partial charge in [-0.2, -0.15) is 0 Å². The largest absolute Gasteiger partial charge is 0.327 e. The van der Waals surface area contributed by atoms with Crippen LogP contribution < -0.4 is 5.73 Å². The van der Waals surface area contributed by atoms with Crippen LogP contribution in [0.25, 0.3) is 6.08 Å². The summed E-state index contributed by atoms with van der Waals surface area (Å²) >= 11 is 0. The van der Waals surface area contributed by atoms with E-state index in [1.807, 2.05) is 6.08 Å². The Bertz CT molecular complexity index is 259. The molecule has 70 valence electrons. The van der Waals surface area contributed by atoms with Gasteiger partial charge in [-0.1, -0.05) is 49.8 Å². The highest BCUT2D eigenvalue weighted by Crippen LogP contribution is 2.07. The molecule has 0 fully saturated rings. The van der Waals surface area contributed by atoms with Gasteiger partial charge in [-0.3, -0.25) is 0 Å². The molecule has 0 radical (unpaired) electrons. The van der Waals surface area contributed by atoms with Crippen molar-refractivity contribution in [2.75, 3.05) is 6.54 Å². The number of benzene rings is 1. The molecule has 2 N–H and O–H groups in total. The zero-order valence-electron chi connectivity index (χ0n) is 8.16. The van der Waals surface area contributed by atoms with Gasteiger partial charge in [-0.15, -0.1) is 0 Å². The van der Waals surface area contributed by atoms with Crippen LogP contribution in [0.5, 0.6) is 0 Å². The van der Waals surface area contributed by atoms with Crippen molar-refractivity contribution in [3.63, 3.8) is 0 Å². The van der Waals surface area contributed by atoms with E-state index < -0.39 is 0 Å². The van der Waals surface area contributed by atoms with E-state index in [1.54, 1.807) is 0 Å². The molecule has 1 nitrogen and oxygen atoms in total. The summed E-state index contributed by atoms with van der Waals surface area (Å²) in [5.74, 6) is 0. The molecule has 0 aliphatic heterocycles. The van der Waals surface area contributed by atoms with Gasteiger partial charge < -0.3 is 5.73 Å². The lowest BCUT2D eigenvalue weighted by Crippen LogP contribution is -1.91. The zero-order valence-corrected chi connectivity index (χ0v) is 8.16. The van der Waals surface area contributed by atoms with Crippen molar-refractivity contribution in [2.24, 2.45) is 5.73 Å². The van der Waals surface area contributed by atoms with Crippen LogP contribution in [0.1, 0.15) is 24.5 Å². The molecule has 0 heterocycles. The maximum absolute atomic E-state index is 5.37. The highest BCUT2D eigenvalue weighted by molar-refractivity contribution is 5.49. The molecule has 1 heteroatoms. The Labute approximate surface area is 80.3 Å². The lowest BCUT2D eigenvalue weighted by atomic mass is 10.1. The van der Waals surface area contributed by atoms with Crippen molar-refractivity contribution in [2.45, 2.75) is 19.8 Å². The lowest BCUT2D eigenvalue weighted by molar-refractivity contribution is 0.922. The van der Waals surface area contributed by atoms with Crippen molar-refractivity contribution in [1.29, 1.82) is 0 Å². The molecular weight excluding hydrogens is 158 g/mol. The summed E-state index contributed by atoms with van der Waals surface area (Å²) in [7, 11) is 0. The van der Waals surface area contributed by atoms with E-state index in [0.717, 1.165) is 0 Å². The summed E-state index contributed by atoms with van der Waals surface area (Å²) in [6, 6.07) is 8.63. The SMILES string of the molecule is CCCc1ccc(/C=C/CN)cc1. The first kappa shape index (κ1) is 10.0. The third kappa shape index (κ3) is 3.43. The quantitative estimate of drug-likeness (QED) is 0.748. The lowest BCUT2D eigenvalue weighted by Gasteiger charge is -1.98. The Hall–Kier alpha value is -1.08. The maximum atomic E-state index is 5.37. The van der Waals surface area contributed by atoms with Crippen molar-refractivity contribution in [3.05, 3.63) is 41.5 Å². The van der Waals surface area contributed by atoms with Crippen LogP contribution >= 0.6 is 0 Å². The van der Waals surface area contributed by atoms with E-state index in [2.05, 4.69) is 37.3 Å². The van der Waals surface area contributed by atoms with Crippen LogP contribution in [-0.4, -0.2) is 6.54 Å². The number of hydrogen-bond donors (Lipinski definition) is 1. The van der Waals surface area contributed by atoms with Gasteiger partial charge in [-0.05, 0) is 17.5 Å². The van der Waals surface area contributed by atoms with E-state index in [1.165, 1.54) is 24.0 Å². The van der Waals surface area contributed by atoms with Gasteiger partial charge in [0.25, 0.3) is 0 Å². The van der Waals surface area contributed by atoms with Gasteiger partial charge in [0.1, 0.15) is 0 Å². The third-order valence-electron chi connectivity index (χ3n) is 1.96. The predicted octanol–water partition coefficient (Wildman–Crippen LogP) is 2.61. The Morgan fingerprint density at radius 3 is 2.46 bits per heavy atom. The first-order valence-corrected chi connectivity index (χ1v) is 4.82. The minimum absolute atomic E-state index is 0.608. The second-order valence-electron chi connectivity index (χ2n) is 3.13. The Kier molecular flexibility index (Phi) is 4.27. The van der Waals surface area contributed by atoms with Crippen LogP contribution in [0.4, 0.5) is 0 Å². The Morgan fingerprint density at radius 2 is 1.92 bits per heavy atom. The van der Waals surface area contributed by atoms with Crippen molar-refractivity contribution < 1.29 is 0 Å². The summed E-state index contributed by atoms with van der Waals surface area (Å²) in [4.78, 5) is 0. The van der Waals surface area contributed by atoms with E-state index >= 15 is 0 Å². The van der Waals surface area contributed by atoms with Gasteiger partial charge in [-0.25, -0.2) is 0 Å². The molecule has 1 aromatic carbocycles. The van der Waals surface area contributed by atoms with Gasteiger partial charge >= 0.3 is 0 Å². The number of hydrogen-bond acceptors (Lipinski definition) is 1. The molecular formula is C12H17N. The summed E-state index contributed by atoms with van der Waals surface area (Å²) in [5.41, 5.74) is 8.00. The van der Waals surface area contributed by atoms with Gasteiger partial charge in [0, 0.05) is 6.54 Å². The van der Waals surface area contributed by atoms with Crippen LogP contribution in [0.15, 0.2) is 30.3 Å². The van der Waals surface area contributed by atoms with Crippen LogP contribution in [0, 0.1) is 0 Å². The monoisotopic (exact) mass is 175 g/mol. The first-order chi connectivity index (χ1) is 6.36. The summed E-state index contributed by atoms with van der Waals surface area (Å²) in [6.45, 7) is 2.80. The molecule has 1 rings (SSSR count). The van der Waals surface area contributed by atoms with Crippen molar-refractivity contribution in [1.82, 2.24) is 0 Å². The minimum Gasteiger partial charge on any atom is -0.327 e. The smallest absolute Gasteiger partial charge is 0.0110 e. The number of nitrogens with two attached hydrogens (primary N) is 1. The van der Waals surface area contributed by atoms with Crippen molar-refractivity contribution in [3.8, 4) is 0 Å². The van der Waals surface area contributed by atoms with Crippen LogP contribution in [0.3, 0.4) is 0 Å². The molecule has 0 unspecified atom stereocenters. The first-order valence-electron chi connectivity index (χ1n) is 4.82. The molecule has 0 spiro atoms. The van der Waals surface area contributed by atoms with Gasteiger partial charge in [0.05, 0.1) is 0 Å². The average molecular weight is 175 g/mol. The summed E-state index contributed by atoms with van der Waals surface area (Å²) in [5, 5.41) is 0. The normalized spacial score (nSPS) is 10.9. The topological polar surface area (TPSA) is 26.0 Å². The van der Waals surface area contributed by atoms with Gasteiger partial charge in [0.15, 0.2) is 0 Å². The highest BCUT2D eigenvalue weighted by atomic mass is 14.5. The number of rotatable bonds is 4. The van der Waals surface area contributed by atoms with Gasteiger partial charge in [0.2, 0.25) is 0 Å². The fraction of sp³-hybridized carbons (Fsp3) is 0.333. The van der Waals surface area contributed by atoms with E-state index in [-0.39, 0.29) is 0 Å². The average Bonchev–Trinajstić information content (AvgIpc) is 2.17. The number of aryl methyl sites for hydroxylation is 1. The molecule has 0 saturated carbocycles. The molecule has 13 heavy (non-hydrogen) atoms. The Morgan fingerprint density at radius 1 is 1.23 bits per heavy atom. The van der Waals surface area contributed by atoms with Crippen LogP contribution in [-0.2, 0) is 6.42 Å². The second kappa shape index (κ2) is 5.55. The Balaban J connectivity index is 2.64. The third-order valence-corrected chi connectivity index (χ3v) is 1.96. The maximum Gasteiger partial charge on any atom is 0.0110 e. The molecule has 1 aromatic rings. The molecule has 0 bridgehead atoms. The fourth-order valence-corrected chi connectivity index (χ4v) is 1.29. The standard InChI is InChI=1S/C12H17N/c1-2-4-11-6-8-12(9-7-11)5-3-10-13/h3,5-9H,2,4,10,13H2,1H3/b5-3+. The zero-order chi connectivity index (χ0) is 9.52. The van der Waals surface area contributed by atoms with E-state index in [9.17, 15) is 0 Å². The molecule has 0 aliphatic rings. The molecule has 0 aromatic heterocycles. The minimum atomic E-state index is 0.608. The fourth-order valence-electron chi connectivity index (χ4n) is 1.29. The molecule has 0 saturated heterocycles. The summed E-state index contributed by atoms with van der Waals surface area (Å²) in [6.07, 6.45) is 6.39. The van der Waals surface area contributed by atoms with Crippen LogP contribution in [0.2, 0.25) is 0 Å². The van der Waals surface area contributed by atoms with Crippen molar-refractivity contribution >= 4 is 6.08 Å². The summed E-state index contributed by atoms with van der Waals surface area (Å²) < 4.78 is 0. The predicted molar refractivity (Wildman–Crippen MR) is 58.5 cm³/mol. The molecule has 0 aliphatic carbocycles. The van der Waals surface area contributed by atoms with E-state index in [0.29, 0.717) is 6.54 Å². The molecule has 0 amide bonds. The highest BCUT2D eigenvalue weighted by Gasteiger charge is 1.90. The molecule has 0 atom stereocenters. The second-order valence-corrected chi connectivity index (χ2v) is 3.13.